The molecule has 0 aliphatic rings. The summed E-state index contributed by atoms with van der Waals surface area (Å²) in [4.78, 5) is 38.3. The fourth-order valence-electron chi connectivity index (χ4n) is 9.91. The third-order valence-corrected chi connectivity index (χ3v) is 14.8. The summed E-state index contributed by atoms with van der Waals surface area (Å²) in [5.74, 6) is -0.838. The van der Waals surface area contributed by atoms with Gasteiger partial charge in [0.1, 0.15) is 13.2 Å². The van der Waals surface area contributed by atoms with Crippen molar-refractivity contribution in [3.8, 4) is 0 Å². The van der Waals surface area contributed by atoms with Crippen molar-refractivity contribution in [1.82, 2.24) is 0 Å². The fourth-order valence-corrected chi connectivity index (χ4v) is 9.91. The van der Waals surface area contributed by atoms with Crippen LogP contribution >= 0.6 is 0 Å². The monoisotopic (exact) mass is 1000 g/mol. The van der Waals surface area contributed by atoms with Crippen molar-refractivity contribution in [3.05, 3.63) is 12.2 Å². The molecule has 1 atom stereocenters. The Bertz CT molecular complexity index is 1100. The van der Waals surface area contributed by atoms with E-state index in [1.807, 2.05) is 0 Å². The molecule has 420 valence electrons. The molecule has 0 saturated heterocycles. The molecule has 0 radical (unpaired) electrons. The average Bonchev–Trinajstić information content (AvgIpc) is 3.37. The Morgan fingerprint density at radius 2 is 0.465 bits per heavy atom. The van der Waals surface area contributed by atoms with Crippen molar-refractivity contribution in [1.29, 1.82) is 0 Å². The summed E-state index contributed by atoms with van der Waals surface area (Å²) < 4.78 is 17.0. The summed E-state index contributed by atoms with van der Waals surface area (Å²) in [6.07, 6.45) is 70.7. The Balaban J connectivity index is 4.28. The van der Waals surface area contributed by atoms with Crippen molar-refractivity contribution in [2.45, 2.75) is 374 Å². The van der Waals surface area contributed by atoms with Gasteiger partial charge in [0.15, 0.2) is 6.10 Å². The molecule has 0 spiro atoms. The standard InChI is InChI=1S/C65H124O6/c1-4-7-10-13-16-19-22-25-28-30-31-32-33-35-38-41-44-47-50-53-56-59-65(68)71-62(60-69-63(66)57-54-51-48-45-42-39-36-27-24-21-18-15-12-9-6-3)61-70-64(67)58-55-52-49-46-43-40-37-34-29-26-23-20-17-14-11-8-5-2/h21,24,62H,4-20,22-23,25-61H2,1-3H3/b24-21-/t62-/m1/s1. The van der Waals surface area contributed by atoms with Gasteiger partial charge in [-0.25, -0.2) is 0 Å². The van der Waals surface area contributed by atoms with Gasteiger partial charge in [0.2, 0.25) is 0 Å². The van der Waals surface area contributed by atoms with E-state index >= 15 is 0 Å². The van der Waals surface area contributed by atoms with E-state index in [4.69, 9.17) is 14.2 Å². The van der Waals surface area contributed by atoms with Crippen molar-refractivity contribution in [2.75, 3.05) is 13.2 Å². The Morgan fingerprint density at radius 1 is 0.268 bits per heavy atom. The lowest BCUT2D eigenvalue weighted by molar-refractivity contribution is -0.167. The first-order valence-electron chi connectivity index (χ1n) is 32.2. The molecular weight excluding hydrogens is 877 g/mol. The van der Waals surface area contributed by atoms with Crippen LogP contribution in [0.3, 0.4) is 0 Å². The van der Waals surface area contributed by atoms with Gasteiger partial charge in [-0.3, -0.25) is 14.4 Å². The van der Waals surface area contributed by atoms with Gasteiger partial charge in [-0.15, -0.1) is 0 Å². The fraction of sp³-hybridized carbons (Fsp3) is 0.923. The van der Waals surface area contributed by atoms with Gasteiger partial charge < -0.3 is 14.2 Å². The number of carbonyl (C=O) groups is 3. The van der Waals surface area contributed by atoms with Crippen LogP contribution in [0.2, 0.25) is 0 Å². The van der Waals surface area contributed by atoms with E-state index in [0.717, 1.165) is 57.8 Å². The summed E-state index contributed by atoms with van der Waals surface area (Å²) in [6.45, 7) is 6.70. The summed E-state index contributed by atoms with van der Waals surface area (Å²) in [5.41, 5.74) is 0. The highest BCUT2D eigenvalue weighted by Crippen LogP contribution is 2.18. The highest BCUT2D eigenvalue weighted by molar-refractivity contribution is 5.71. The van der Waals surface area contributed by atoms with Gasteiger partial charge >= 0.3 is 17.9 Å². The van der Waals surface area contributed by atoms with Crippen molar-refractivity contribution < 1.29 is 28.6 Å². The second-order valence-corrected chi connectivity index (χ2v) is 22.0. The van der Waals surface area contributed by atoms with E-state index in [2.05, 4.69) is 32.9 Å². The maximum Gasteiger partial charge on any atom is 0.306 e. The molecule has 71 heavy (non-hydrogen) atoms. The van der Waals surface area contributed by atoms with Crippen molar-refractivity contribution in [3.63, 3.8) is 0 Å². The zero-order valence-corrected chi connectivity index (χ0v) is 48.3. The number of hydrogen-bond acceptors (Lipinski definition) is 6. The van der Waals surface area contributed by atoms with Crippen LogP contribution < -0.4 is 0 Å². The summed E-state index contributed by atoms with van der Waals surface area (Å²) >= 11 is 0. The number of hydrogen-bond donors (Lipinski definition) is 0. The molecule has 0 bridgehead atoms. The molecule has 0 amide bonds. The van der Waals surface area contributed by atoms with Crippen molar-refractivity contribution in [2.24, 2.45) is 0 Å². The molecule has 0 aliphatic heterocycles. The topological polar surface area (TPSA) is 78.9 Å². The van der Waals surface area contributed by atoms with Gasteiger partial charge in [0.25, 0.3) is 0 Å². The van der Waals surface area contributed by atoms with E-state index < -0.39 is 6.10 Å². The maximum atomic E-state index is 12.9. The molecule has 0 aliphatic carbocycles. The molecule has 0 fully saturated rings. The molecule has 0 rings (SSSR count). The molecule has 6 heteroatoms. The zero-order chi connectivity index (χ0) is 51.4. The second-order valence-electron chi connectivity index (χ2n) is 22.0. The van der Waals surface area contributed by atoms with E-state index in [1.165, 1.54) is 270 Å². The number of allylic oxidation sites excluding steroid dienone is 2. The predicted octanol–water partition coefficient (Wildman–Crippen LogP) is 21.7. The van der Waals surface area contributed by atoms with Crippen LogP contribution in [0, 0.1) is 0 Å². The first kappa shape index (κ1) is 69.2. The number of unbranched alkanes of at least 4 members (excludes halogenated alkanes) is 47. The normalized spacial score (nSPS) is 12.0. The van der Waals surface area contributed by atoms with Crippen LogP contribution in [0.25, 0.3) is 0 Å². The highest BCUT2D eigenvalue weighted by atomic mass is 16.6. The first-order valence-corrected chi connectivity index (χ1v) is 32.2. The summed E-state index contributed by atoms with van der Waals surface area (Å²) in [7, 11) is 0. The van der Waals surface area contributed by atoms with Crippen LogP contribution in [0.5, 0.6) is 0 Å². The highest BCUT2D eigenvalue weighted by Gasteiger charge is 2.19. The van der Waals surface area contributed by atoms with Gasteiger partial charge in [-0.05, 0) is 44.9 Å². The smallest absolute Gasteiger partial charge is 0.306 e. The minimum absolute atomic E-state index is 0.0646. The maximum absolute atomic E-state index is 12.9. The lowest BCUT2D eigenvalue weighted by Gasteiger charge is -2.18. The summed E-state index contributed by atoms with van der Waals surface area (Å²) in [5, 5.41) is 0. The third kappa shape index (κ3) is 58.9. The van der Waals surface area contributed by atoms with Crippen LogP contribution in [-0.4, -0.2) is 37.2 Å². The Morgan fingerprint density at radius 3 is 0.718 bits per heavy atom. The number of carbonyl (C=O) groups excluding carboxylic acids is 3. The molecule has 0 saturated carbocycles. The van der Waals surface area contributed by atoms with Crippen molar-refractivity contribution >= 4 is 17.9 Å². The Kier molecular flexibility index (Phi) is 59.1. The van der Waals surface area contributed by atoms with Crippen LogP contribution in [0.15, 0.2) is 12.2 Å². The van der Waals surface area contributed by atoms with Gasteiger partial charge in [-0.1, -0.05) is 315 Å². The van der Waals surface area contributed by atoms with Crippen LogP contribution in [-0.2, 0) is 28.6 Å². The molecule has 0 aromatic heterocycles. The zero-order valence-electron chi connectivity index (χ0n) is 48.3. The molecule has 0 unspecified atom stereocenters. The number of rotatable bonds is 60. The number of ether oxygens (including phenoxy) is 3. The molecule has 0 aromatic carbocycles. The van der Waals surface area contributed by atoms with Crippen LogP contribution in [0.4, 0.5) is 0 Å². The van der Waals surface area contributed by atoms with Gasteiger partial charge in [0.05, 0.1) is 0 Å². The first-order chi connectivity index (χ1) is 35.0. The lowest BCUT2D eigenvalue weighted by atomic mass is 10.0. The Labute approximate surface area is 443 Å². The molecular formula is C65H124O6. The lowest BCUT2D eigenvalue weighted by Crippen LogP contribution is -2.30. The molecule has 0 aromatic rings. The SMILES string of the molecule is CCCCCC/C=C\CCCCCCCCCC(=O)OC[C@H](COC(=O)CCCCCCCCCCCCCCCCCCC)OC(=O)CCCCCCCCCCCCCCCCCCCCCCC. The minimum Gasteiger partial charge on any atom is -0.462 e. The largest absolute Gasteiger partial charge is 0.462 e. The Hall–Kier alpha value is -1.85. The summed E-state index contributed by atoms with van der Waals surface area (Å²) in [6, 6.07) is 0. The van der Waals surface area contributed by atoms with Gasteiger partial charge in [0, 0.05) is 19.3 Å². The minimum atomic E-state index is -0.767. The molecule has 0 N–H and O–H groups in total. The average molecular weight is 1000 g/mol. The van der Waals surface area contributed by atoms with E-state index in [9.17, 15) is 14.4 Å². The van der Waals surface area contributed by atoms with Crippen LogP contribution in [0.1, 0.15) is 367 Å². The van der Waals surface area contributed by atoms with E-state index in [-0.39, 0.29) is 31.1 Å². The van der Waals surface area contributed by atoms with E-state index in [1.54, 1.807) is 0 Å². The number of esters is 3. The quantitative estimate of drug-likeness (QED) is 0.0261. The predicted molar refractivity (Wildman–Crippen MR) is 307 cm³/mol. The molecule has 0 heterocycles. The second kappa shape index (κ2) is 60.7. The van der Waals surface area contributed by atoms with E-state index in [0.29, 0.717) is 19.3 Å². The third-order valence-electron chi connectivity index (χ3n) is 14.8. The van der Waals surface area contributed by atoms with Gasteiger partial charge in [-0.2, -0.15) is 0 Å². The molecule has 6 nitrogen and oxygen atoms in total.